The topological polar surface area (TPSA) is 54.1 Å². The van der Waals surface area contributed by atoms with Gasteiger partial charge in [0.05, 0.1) is 36.3 Å². The number of hydrogen-bond donors (Lipinski definition) is 0. The van der Waals surface area contributed by atoms with E-state index in [9.17, 15) is 0 Å². The van der Waals surface area contributed by atoms with Crippen LogP contribution in [0.5, 0.6) is 11.5 Å². The summed E-state index contributed by atoms with van der Waals surface area (Å²) in [5, 5.41) is 4.77. The molecule has 0 fully saturated rings. The van der Waals surface area contributed by atoms with Crippen molar-refractivity contribution in [3.05, 3.63) is 146 Å². The van der Waals surface area contributed by atoms with Crippen LogP contribution in [0.3, 0.4) is 0 Å². The summed E-state index contributed by atoms with van der Waals surface area (Å²) in [5.74, 6) is 1.64. The van der Waals surface area contributed by atoms with Gasteiger partial charge in [-0.3, -0.25) is 9.97 Å². The van der Waals surface area contributed by atoms with E-state index in [0.717, 1.165) is 67.2 Å². The minimum Gasteiger partial charge on any atom is -0.497 e. The van der Waals surface area contributed by atoms with Crippen LogP contribution in [0.1, 0.15) is 0 Å². The molecule has 10 rings (SSSR count). The van der Waals surface area contributed by atoms with Crippen molar-refractivity contribution in [2.75, 3.05) is 14.2 Å². The maximum Gasteiger partial charge on any atom is 0.119 e. The van der Waals surface area contributed by atoms with Crippen molar-refractivity contribution >= 4 is 43.6 Å². The zero-order valence-corrected chi connectivity index (χ0v) is 27.5. The van der Waals surface area contributed by atoms with Gasteiger partial charge in [0.2, 0.25) is 0 Å². The van der Waals surface area contributed by atoms with Gasteiger partial charge in [-0.05, 0) is 119 Å². The normalized spacial score (nSPS) is 11.8. The smallest absolute Gasteiger partial charge is 0.119 e. The highest BCUT2D eigenvalue weighted by Gasteiger charge is 2.28. The van der Waals surface area contributed by atoms with Crippen molar-refractivity contribution in [2.24, 2.45) is 0 Å². The monoisotopic (exact) mass is 646 g/mol. The number of benzene rings is 6. The molecule has 2 aromatic heterocycles. The van der Waals surface area contributed by atoms with Crippen LogP contribution in [-0.4, -0.2) is 33.3 Å². The lowest BCUT2D eigenvalue weighted by Gasteiger charge is -2.29. The standard InChI is InChI=1S/C44H30N4O2/c1-49-35-13-9-33(10-14-35)47-37-17-7-28-22-32(30-6-4-20-46-26-30)24-40-42(28)43(37)44-38(48(40)34-11-15-36(50-2)16-12-34)18-8-27-21-31(23-39(47)41(27)44)29-5-3-19-45-25-29/h3-26H,1-2H3. The maximum absolute atomic E-state index is 5.57. The lowest BCUT2D eigenvalue weighted by molar-refractivity contribution is 0.414. The molecule has 8 aromatic rings. The molecule has 4 heterocycles. The van der Waals surface area contributed by atoms with Crippen LogP contribution in [0.15, 0.2) is 146 Å². The largest absolute Gasteiger partial charge is 0.497 e. The Morgan fingerprint density at radius 2 is 0.880 bits per heavy atom. The molecule has 50 heavy (non-hydrogen) atoms. The first-order chi connectivity index (χ1) is 24.7. The predicted octanol–water partition coefficient (Wildman–Crippen LogP) is 10.6. The Labute approximate surface area is 288 Å². The van der Waals surface area contributed by atoms with Gasteiger partial charge in [0.15, 0.2) is 0 Å². The highest BCUT2D eigenvalue weighted by atomic mass is 16.5. The quantitative estimate of drug-likeness (QED) is 0.133. The summed E-state index contributed by atoms with van der Waals surface area (Å²) in [6, 6.07) is 43.3. The van der Waals surface area contributed by atoms with Crippen molar-refractivity contribution < 1.29 is 9.47 Å². The van der Waals surface area contributed by atoms with Gasteiger partial charge in [-0.25, -0.2) is 0 Å². The minimum absolute atomic E-state index is 0.822. The van der Waals surface area contributed by atoms with E-state index >= 15 is 0 Å². The molecule has 0 spiro atoms. The fourth-order valence-electron chi connectivity index (χ4n) is 7.78. The number of aromatic nitrogens is 4. The SMILES string of the molecule is COc1ccc(-n2c3ccc4cc(-c5cccnc5)cc5c4c3-c3c4c(ccc3n5-c3ccc(OC)cc3)cc(-c3cccnc3)cc42)cc1. The number of methoxy groups -OCH3 is 2. The highest BCUT2D eigenvalue weighted by molar-refractivity contribution is 6.27. The van der Waals surface area contributed by atoms with Gasteiger partial charge in [-0.2, -0.15) is 0 Å². The Morgan fingerprint density at radius 1 is 0.440 bits per heavy atom. The third kappa shape index (κ3) is 4.15. The number of nitrogens with zero attached hydrogens (tertiary/aromatic N) is 4. The number of rotatable bonds is 6. The molecule has 0 bridgehead atoms. The van der Waals surface area contributed by atoms with Crippen molar-refractivity contribution in [1.82, 2.24) is 19.1 Å². The van der Waals surface area contributed by atoms with Gasteiger partial charge in [0.1, 0.15) is 11.5 Å². The van der Waals surface area contributed by atoms with Crippen LogP contribution in [0.4, 0.5) is 0 Å². The second-order valence-corrected chi connectivity index (χ2v) is 12.7. The summed E-state index contributed by atoms with van der Waals surface area (Å²) < 4.78 is 16.0. The molecule has 0 saturated heterocycles. The van der Waals surface area contributed by atoms with Crippen LogP contribution >= 0.6 is 0 Å². The van der Waals surface area contributed by atoms with Crippen LogP contribution in [-0.2, 0) is 0 Å². The molecule has 0 saturated carbocycles. The van der Waals surface area contributed by atoms with E-state index in [4.69, 9.17) is 9.47 Å². The molecule has 0 unspecified atom stereocenters. The first kappa shape index (κ1) is 28.4. The third-order valence-corrected chi connectivity index (χ3v) is 10.0. The van der Waals surface area contributed by atoms with Gasteiger partial charge in [-0.1, -0.05) is 24.3 Å². The second kappa shape index (κ2) is 10.9. The van der Waals surface area contributed by atoms with E-state index in [1.807, 2.05) is 61.2 Å². The summed E-state index contributed by atoms with van der Waals surface area (Å²) in [6.45, 7) is 0. The molecule has 0 radical (unpaired) electrons. The average molecular weight is 647 g/mol. The third-order valence-electron chi connectivity index (χ3n) is 10.0. The average Bonchev–Trinajstić information content (AvgIpc) is 3.19. The molecule has 0 N–H and O–H groups in total. The van der Waals surface area contributed by atoms with Gasteiger partial charge in [0, 0.05) is 69.2 Å². The zero-order valence-electron chi connectivity index (χ0n) is 27.5. The molecule has 0 atom stereocenters. The van der Waals surface area contributed by atoms with Crippen molar-refractivity contribution in [1.29, 1.82) is 0 Å². The summed E-state index contributed by atoms with van der Waals surface area (Å²) >= 11 is 0. The van der Waals surface area contributed by atoms with E-state index in [1.165, 1.54) is 32.7 Å². The molecule has 6 nitrogen and oxygen atoms in total. The van der Waals surface area contributed by atoms with Crippen molar-refractivity contribution in [2.45, 2.75) is 0 Å². The van der Waals surface area contributed by atoms with Crippen molar-refractivity contribution in [3.63, 3.8) is 0 Å². The Morgan fingerprint density at radius 3 is 1.26 bits per heavy atom. The lowest BCUT2D eigenvalue weighted by atomic mass is 9.85. The Balaban J connectivity index is 1.43. The van der Waals surface area contributed by atoms with E-state index < -0.39 is 0 Å². The van der Waals surface area contributed by atoms with E-state index in [-0.39, 0.29) is 0 Å². The molecule has 0 aliphatic carbocycles. The van der Waals surface area contributed by atoms with Gasteiger partial charge < -0.3 is 18.6 Å². The van der Waals surface area contributed by atoms with Gasteiger partial charge in [0.25, 0.3) is 0 Å². The summed E-state index contributed by atoms with van der Waals surface area (Å²) in [6.07, 6.45) is 7.51. The van der Waals surface area contributed by atoms with Crippen molar-refractivity contribution in [3.8, 4) is 56.3 Å². The number of pyridine rings is 4. The minimum atomic E-state index is 0.822. The molecule has 2 aliphatic heterocycles. The molecular weight excluding hydrogens is 617 g/mol. The first-order valence-corrected chi connectivity index (χ1v) is 16.6. The van der Waals surface area contributed by atoms with E-state index in [2.05, 4.69) is 104 Å². The predicted molar refractivity (Wildman–Crippen MR) is 202 cm³/mol. The summed E-state index contributed by atoms with van der Waals surface area (Å²) in [7, 11) is 3.41. The molecule has 6 aromatic carbocycles. The second-order valence-electron chi connectivity index (χ2n) is 12.7. The number of ether oxygens (including phenoxy) is 2. The fraction of sp³-hybridized carbons (Fsp3) is 0.0455. The van der Waals surface area contributed by atoms with Gasteiger partial charge in [-0.15, -0.1) is 0 Å². The lowest BCUT2D eigenvalue weighted by Crippen LogP contribution is -2.10. The molecule has 238 valence electrons. The maximum atomic E-state index is 5.57. The van der Waals surface area contributed by atoms with E-state index in [1.54, 1.807) is 14.2 Å². The first-order valence-electron chi connectivity index (χ1n) is 16.6. The number of hydrogen-bond acceptors (Lipinski definition) is 4. The molecule has 0 amide bonds. The molecule has 2 aliphatic rings. The molecular formula is C44H30N4O2. The van der Waals surface area contributed by atoms with Crippen LogP contribution < -0.4 is 9.47 Å². The Bertz CT molecular complexity index is 2600. The summed E-state index contributed by atoms with van der Waals surface area (Å²) in [4.78, 5) is 8.91. The van der Waals surface area contributed by atoms with Crippen LogP contribution in [0.2, 0.25) is 0 Å². The van der Waals surface area contributed by atoms with Crippen LogP contribution in [0.25, 0.3) is 88.4 Å². The zero-order chi connectivity index (χ0) is 33.3. The van der Waals surface area contributed by atoms with Gasteiger partial charge >= 0.3 is 0 Å². The molecule has 6 heteroatoms. The van der Waals surface area contributed by atoms with Crippen LogP contribution in [0, 0.1) is 0 Å². The Hall–Kier alpha value is -6.66. The summed E-state index contributed by atoms with van der Waals surface area (Å²) in [5.41, 5.74) is 13.5. The highest BCUT2D eigenvalue weighted by Crippen LogP contribution is 2.51. The fourth-order valence-corrected chi connectivity index (χ4v) is 7.78. The Kier molecular flexibility index (Phi) is 6.20. The van der Waals surface area contributed by atoms with E-state index in [0.29, 0.717) is 0 Å².